The third kappa shape index (κ3) is 4.52. The molecule has 1 aromatic rings. The van der Waals surface area contributed by atoms with Crippen molar-refractivity contribution in [3.8, 4) is 11.8 Å². The standard InChI is InChI=1S/C16H24N2/c1-4-16(5-2)18(3)13-15-10-8-14(9-11-15)7-6-12-17/h8-11,16H,4-5,12-13,17H2,1-3H3. The van der Waals surface area contributed by atoms with E-state index >= 15 is 0 Å². The molecular formula is C16H24N2. The Labute approximate surface area is 111 Å². The molecule has 1 aromatic carbocycles. The van der Waals surface area contributed by atoms with E-state index in [9.17, 15) is 0 Å². The monoisotopic (exact) mass is 244 g/mol. The highest BCUT2D eigenvalue weighted by molar-refractivity contribution is 5.36. The van der Waals surface area contributed by atoms with Gasteiger partial charge in [0.25, 0.3) is 0 Å². The van der Waals surface area contributed by atoms with E-state index in [0.29, 0.717) is 12.6 Å². The van der Waals surface area contributed by atoms with E-state index < -0.39 is 0 Å². The molecule has 18 heavy (non-hydrogen) atoms. The average Bonchev–Trinajstić information content (AvgIpc) is 2.39. The summed E-state index contributed by atoms with van der Waals surface area (Å²) < 4.78 is 0. The summed E-state index contributed by atoms with van der Waals surface area (Å²) in [4.78, 5) is 2.42. The van der Waals surface area contributed by atoms with Crippen molar-refractivity contribution in [3.05, 3.63) is 35.4 Å². The summed E-state index contributed by atoms with van der Waals surface area (Å²) in [5.74, 6) is 5.91. The van der Waals surface area contributed by atoms with Crippen LogP contribution in [0.5, 0.6) is 0 Å². The zero-order chi connectivity index (χ0) is 13.4. The Morgan fingerprint density at radius 3 is 2.28 bits per heavy atom. The van der Waals surface area contributed by atoms with Crippen molar-refractivity contribution in [2.24, 2.45) is 5.73 Å². The Kier molecular flexibility index (Phi) is 6.49. The average molecular weight is 244 g/mol. The quantitative estimate of drug-likeness (QED) is 0.807. The molecule has 0 atom stereocenters. The van der Waals surface area contributed by atoms with E-state index in [2.05, 4.69) is 61.9 Å². The van der Waals surface area contributed by atoms with Gasteiger partial charge in [0.05, 0.1) is 6.54 Å². The SMILES string of the molecule is CCC(CC)N(C)Cc1ccc(C#CCN)cc1. The van der Waals surface area contributed by atoms with Crippen LogP contribution in [-0.2, 0) is 6.54 Å². The van der Waals surface area contributed by atoms with Gasteiger partial charge in [-0.25, -0.2) is 0 Å². The third-order valence-electron chi connectivity index (χ3n) is 3.29. The van der Waals surface area contributed by atoms with Gasteiger partial charge in [-0.1, -0.05) is 37.8 Å². The predicted octanol–water partition coefficient (Wildman–Crippen LogP) is 2.62. The van der Waals surface area contributed by atoms with Gasteiger partial charge in [-0.05, 0) is 37.6 Å². The zero-order valence-electron chi connectivity index (χ0n) is 11.7. The van der Waals surface area contributed by atoms with Crippen LogP contribution in [0.15, 0.2) is 24.3 Å². The van der Waals surface area contributed by atoms with E-state index in [0.717, 1.165) is 12.1 Å². The number of benzene rings is 1. The highest BCUT2D eigenvalue weighted by Crippen LogP contribution is 2.12. The molecule has 0 amide bonds. The molecule has 0 aliphatic heterocycles. The predicted molar refractivity (Wildman–Crippen MR) is 78.2 cm³/mol. The van der Waals surface area contributed by atoms with Gasteiger partial charge in [0, 0.05) is 18.2 Å². The van der Waals surface area contributed by atoms with Crippen LogP contribution in [0.3, 0.4) is 0 Å². The molecule has 0 fully saturated rings. The molecule has 2 N–H and O–H groups in total. The topological polar surface area (TPSA) is 29.3 Å². The van der Waals surface area contributed by atoms with Crippen molar-refractivity contribution in [2.45, 2.75) is 39.3 Å². The second-order valence-electron chi connectivity index (χ2n) is 4.59. The van der Waals surface area contributed by atoms with Gasteiger partial charge in [-0.15, -0.1) is 0 Å². The maximum Gasteiger partial charge on any atom is 0.0555 e. The summed E-state index contributed by atoms with van der Waals surface area (Å²) in [6, 6.07) is 9.11. The Morgan fingerprint density at radius 2 is 1.78 bits per heavy atom. The van der Waals surface area contributed by atoms with E-state index in [1.807, 2.05) is 0 Å². The number of nitrogens with two attached hydrogens (primary N) is 1. The van der Waals surface area contributed by atoms with Gasteiger partial charge in [0.1, 0.15) is 0 Å². The molecule has 0 heterocycles. The van der Waals surface area contributed by atoms with Gasteiger partial charge < -0.3 is 5.73 Å². The van der Waals surface area contributed by atoms with Crippen LogP contribution >= 0.6 is 0 Å². The fourth-order valence-corrected chi connectivity index (χ4v) is 2.18. The first-order valence-electron chi connectivity index (χ1n) is 6.69. The van der Waals surface area contributed by atoms with Crippen LogP contribution < -0.4 is 5.73 Å². The zero-order valence-corrected chi connectivity index (χ0v) is 11.7. The van der Waals surface area contributed by atoms with E-state index in [-0.39, 0.29) is 0 Å². The van der Waals surface area contributed by atoms with Gasteiger partial charge in [0.2, 0.25) is 0 Å². The second kappa shape index (κ2) is 7.92. The summed E-state index contributed by atoms with van der Waals surface area (Å²) in [7, 11) is 2.19. The molecule has 2 nitrogen and oxygen atoms in total. The van der Waals surface area contributed by atoms with Crippen LogP contribution in [0.1, 0.15) is 37.8 Å². The Bertz CT molecular complexity index is 393. The molecule has 0 aliphatic rings. The lowest BCUT2D eigenvalue weighted by Gasteiger charge is -2.26. The number of rotatable bonds is 5. The van der Waals surface area contributed by atoms with E-state index in [1.54, 1.807) is 0 Å². The van der Waals surface area contributed by atoms with E-state index in [4.69, 9.17) is 5.73 Å². The molecule has 2 heteroatoms. The summed E-state index contributed by atoms with van der Waals surface area (Å²) in [6.45, 7) is 5.91. The van der Waals surface area contributed by atoms with Crippen LogP contribution in [0.25, 0.3) is 0 Å². The maximum atomic E-state index is 5.36. The van der Waals surface area contributed by atoms with E-state index in [1.165, 1.54) is 18.4 Å². The third-order valence-corrected chi connectivity index (χ3v) is 3.29. The van der Waals surface area contributed by atoms with Crippen molar-refractivity contribution in [3.63, 3.8) is 0 Å². The Balaban J connectivity index is 2.63. The van der Waals surface area contributed by atoms with Gasteiger partial charge >= 0.3 is 0 Å². The van der Waals surface area contributed by atoms with Crippen LogP contribution in [0.2, 0.25) is 0 Å². The maximum absolute atomic E-state index is 5.36. The fraction of sp³-hybridized carbons (Fsp3) is 0.500. The van der Waals surface area contributed by atoms with Crippen molar-refractivity contribution >= 4 is 0 Å². The normalized spacial score (nSPS) is 10.6. The number of hydrogen-bond donors (Lipinski definition) is 1. The highest BCUT2D eigenvalue weighted by Gasteiger charge is 2.10. The Hall–Kier alpha value is -1.30. The molecule has 0 radical (unpaired) electrons. The lowest BCUT2D eigenvalue weighted by molar-refractivity contribution is 0.222. The molecule has 1 rings (SSSR count). The molecule has 0 aromatic heterocycles. The summed E-state index contributed by atoms with van der Waals surface area (Å²) in [5, 5.41) is 0. The van der Waals surface area contributed by atoms with Crippen molar-refractivity contribution < 1.29 is 0 Å². The van der Waals surface area contributed by atoms with Crippen molar-refractivity contribution in [1.29, 1.82) is 0 Å². The second-order valence-corrected chi connectivity index (χ2v) is 4.59. The van der Waals surface area contributed by atoms with Gasteiger partial charge in [-0.3, -0.25) is 4.90 Å². The molecular weight excluding hydrogens is 220 g/mol. The lowest BCUT2D eigenvalue weighted by Crippen LogP contribution is -2.29. The number of hydrogen-bond acceptors (Lipinski definition) is 2. The minimum Gasteiger partial charge on any atom is -0.320 e. The van der Waals surface area contributed by atoms with Crippen LogP contribution in [0.4, 0.5) is 0 Å². The largest absolute Gasteiger partial charge is 0.320 e. The van der Waals surface area contributed by atoms with Gasteiger partial charge in [-0.2, -0.15) is 0 Å². The first-order valence-corrected chi connectivity index (χ1v) is 6.69. The van der Waals surface area contributed by atoms with Crippen LogP contribution in [0, 0.1) is 11.8 Å². The van der Waals surface area contributed by atoms with Crippen molar-refractivity contribution in [2.75, 3.05) is 13.6 Å². The molecule has 98 valence electrons. The lowest BCUT2D eigenvalue weighted by atomic mass is 10.1. The fourth-order valence-electron chi connectivity index (χ4n) is 2.18. The van der Waals surface area contributed by atoms with Gasteiger partial charge in [0.15, 0.2) is 0 Å². The molecule has 0 aliphatic carbocycles. The summed E-state index contributed by atoms with van der Waals surface area (Å²) in [5.41, 5.74) is 7.73. The molecule has 0 saturated carbocycles. The summed E-state index contributed by atoms with van der Waals surface area (Å²) >= 11 is 0. The first-order chi connectivity index (χ1) is 8.71. The van der Waals surface area contributed by atoms with Crippen LogP contribution in [-0.4, -0.2) is 24.5 Å². The Morgan fingerprint density at radius 1 is 1.17 bits per heavy atom. The molecule has 0 saturated heterocycles. The molecule has 0 unspecified atom stereocenters. The summed E-state index contributed by atoms with van der Waals surface area (Å²) in [6.07, 6.45) is 2.40. The minimum absolute atomic E-state index is 0.416. The first kappa shape index (κ1) is 14.8. The van der Waals surface area contributed by atoms with Crippen molar-refractivity contribution in [1.82, 2.24) is 4.90 Å². The molecule has 0 spiro atoms. The number of nitrogens with zero attached hydrogens (tertiary/aromatic N) is 1. The smallest absolute Gasteiger partial charge is 0.0555 e. The minimum atomic E-state index is 0.416. The highest BCUT2D eigenvalue weighted by atomic mass is 15.1. The molecule has 0 bridgehead atoms.